The third kappa shape index (κ3) is 6.30. The lowest BCUT2D eigenvalue weighted by Crippen LogP contribution is -2.46. The molecule has 200 valence electrons. The van der Waals surface area contributed by atoms with Crippen LogP contribution in [0.3, 0.4) is 0 Å². The molecule has 4 rings (SSSR count). The molecule has 1 N–H and O–H groups in total. The van der Waals surface area contributed by atoms with Crippen molar-refractivity contribution in [3.63, 3.8) is 0 Å². The van der Waals surface area contributed by atoms with Crippen LogP contribution in [-0.4, -0.2) is 44.5 Å². The first-order valence-electron chi connectivity index (χ1n) is 12.0. The number of sulfone groups is 1. The Morgan fingerprint density at radius 3 is 2.53 bits per heavy atom. The highest BCUT2D eigenvalue weighted by atomic mass is 79.9. The van der Waals surface area contributed by atoms with E-state index in [4.69, 9.17) is 0 Å². The summed E-state index contributed by atoms with van der Waals surface area (Å²) in [6.07, 6.45) is 2.19. The largest absolute Gasteiger partial charge is 0.345 e. The van der Waals surface area contributed by atoms with Crippen LogP contribution in [0.2, 0.25) is 0 Å². The topological polar surface area (TPSA) is 83.6 Å². The Kier molecular flexibility index (Phi) is 8.32. The van der Waals surface area contributed by atoms with Crippen LogP contribution in [0.5, 0.6) is 0 Å². The fourth-order valence-electron chi connectivity index (χ4n) is 4.67. The van der Waals surface area contributed by atoms with E-state index in [9.17, 15) is 26.8 Å². The van der Waals surface area contributed by atoms with Crippen molar-refractivity contribution in [2.75, 3.05) is 19.3 Å². The van der Waals surface area contributed by atoms with Gasteiger partial charge in [0.15, 0.2) is 9.84 Å². The van der Waals surface area contributed by atoms with Crippen LogP contribution in [0.15, 0.2) is 70.0 Å². The van der Waals surface area contributed by atoms with Gasteiger partial charge in [-0.15, -0.1) is 0 Å². The fraction of sp³-hybridized carbons (Fsp3) is 0.286. The monoisotopic (exact) mass is 604 g/mol. The first-order valence-corrected chi connectivity index (χ1v) is 14.7. The van der Waals surface area contributed by atoms with E-state index in [0.717, 1.165) is 28.4 Å². The molecule has 2 amide bonds. The van der Waals surface area contributed by atoms with Gasteiger partial charge in [0, 0.05) is 41.0 Å². The summed E-state index contributed by atoms with van der Waals surface area (Å²) in [5.74, 6) is -2.78. The lowest BCUT2D eigenvalue weighted by Gasteiger charge is -2.33. The lowest BCUT2D eigenvalue weighted by atomic mass is 9.93. The van der Waals surface area contributed by atoms with Crippen LogP contribution in [0.1, 0.15) is 45.9 Å². The molecule has 2 unspecified atom stereocenters. The van der Waals surface area contributed by atoms with E-state index >= 15 is 0 Å². The Balaban J connectivity index is 1.61. The van der Waals surface area contributed by atoms with Crippen molar-refractivity contribution in [1.29, 1.82) is 0 Å². The second kappa shape index (κ2) is 11.3. The zero-order valence-corrected chi connectivity index (χ0v) is 23.3. The van der Waals surface area contributed by atoms with Crippen LogP contribution in [-0.2, 0) is 14.6 Å². The van der Waals surface area contributed by atoms with Gasteiger partial charge in [0.2, 0.25) is 5.91 Å². The van der Waals surface area contributed by atoms with Gasteiger partial charge >= 0.3 is 0 Å². The minimum absolute atomic E-state index is 0.000342. The van der Waals surface area contributed by atoms with E-state index in [1.54, 1.807) is 23.1 Å². The van der Waals surface area contributed by atoms with Crippen molar-refractivity contribution in [3.05, 3.63) is 99.0 Å². The van der Waals surface area contributed by atoms with E-state index in [0.29, 0.717) is 30.5 Å². The van der Waals surface area contributed by atoms with Gasteiger partial charge in [0.1, 0.15) is 11.6 Å². The van der Waals surface area contributed by atoms with Crippen molar-refractivity contribution in [3.8, 4) is 0 Å². The summed E-state index contributed by atoms with van der Waals surface area (Å²) in [7, 11) is -3.57. The second-order valence-electron chi connectivity index (χ2n) is 9.50. The molecule has 1 aliphatic rings. The van der Waals surface area contributed by atoms with Gasteiger partial charge in [-0.05, 0) is 67.3 Å². The molecule has 0 bridgehead atoms. The van der Waals surface area contributed by atoms with Gasteiger partial charge in [0.05, 0.1) is 16.9 Å². The maximum absolute atomic E-state index is 14.9. The Bertz CT molecular complexity index is 1500. The van der Waals surface area contributed by atoms with Gasteiger partial charge in [-0.25, -0.2) is 17.2 Å². The number of nitrogens with one attached hydrogen (secondary N) is 1. The summed E-state index contributed by atoms with van der Waals surface area (Å²) in [5, 5.41) is 2.84. The molecule has 3 aromatic carbocycles. The van der Waals surface area contributed by atoms with Gasteiger partial charge in [-0.3, -0.25) is 9.59 Å². The number of amides is 2. The summed E-state index contributed by atoms with van der Waals surface area (Å²) in [6.45, 7) is 2.53. The predicted octanol–water partition coefficient (Wildman–Crippen LogP) is 5.20. The number of nitrogens with zero attached hydrogens (tertiary/aromatic N) is 1. The molecule has 3 aromatic rings. The molecule has 38 heavy (non-hydrogen) atoms. The highest BCUT2D eigenvalue weighted by Gasteiger charge is 2.32. The van der Waals surface area contributed by atoms with E-state index in [1.807, 2.05) is 13.0 Å². The molecule has 1 saturated heterocycles. The van der Waals surface area contributed by atoms with Crippen LogP contribution >= 0.6 is 15.9 Å². The van der Waals surface area contributed by atoms with Crippen molar-refractivity contribution < 1.29 is 26.8 Å². The molecule has 1 heterocycles. The fourth-order valence-corrected chi connectivity index (χ4v) is 5.83. The van der Waals surface area contributed by atoms with Gasteiger partial charge in [-0.2, -0.15) is 0 Å². The molecule has 0 radical (unpaired) electrons. The number of carbonyl (C=O) groups excluding carboxylic acids is 2. The molecule has 1 fully saturated rings. The normalized spacial score (nSPS) is 16.7. The number of benzene rings is 3. The Morgan fingerprint density at radius 1 is 1.08 bits per heavy atom. The first-order chi connectivity index (χ1) is 17.9. The van der Waals surface area contributed by atoms with E-state index in [1.165, 1.54) is 24.3 Å². The molecule has 0 aromatic heterocycles. The Hall–Kier alpha value is -3.11. The van der Waals surface area contributed by atoms with Crippen LogP contribution in [0, 0.1) is 24.5 Å². The van der Waals surface area contributed by atoms with Gasteiger partial charge < -0.3 is 10.2 Å². The molecule has 10 heteroatoms. The van der Waals surface area contributed by atoms with Crippen LogP contribution in [0.25, 0.3) is 0 Å². The molecule has 0 saturated carbocycles. The third-order valence-corrected chi connectivity index (χ3v) is 8.28. The minimum Gasteiger partial charge on any atom is -0.345 e. The quantitative estimate of drug-likeness (QED) is 0.419. The molecule has 0 aliphatic carbocycles. The van der Waals surface area contributed by atoms with E-state index < -0.39 is 39.3 Å². The molecule has 6 nitrogen and oxygen atoms in total. The van der Waals surface area contributed by atoms with Crippen LogP contribution < -0.4 is 5.32 Å². The molecular formula is C28H27BrF2N2O4S. The standard InChI is InChI=1S/C28H27BrF2N2O4S/c1-17-13-20(29)8-10-23(17)28(35)33-12-4-6-19(16-33)27(34)32-26(24-11-9-21(30)15-25(24)31)18-5-3-7-22(14-18)38(2,36)37/h3,5,7-11,13-15,19,26H,4,6,12,16H2,1-2H3,(H,32,34). The zero-order valence-electron chi connectivity index (χ0n) is 20.9. The van der Waals surface area contributed by atoms with Crippen molar-refractivity contribution in [1.82, 2.24) is 10.2 Å². The van der Waals surface area contributed by atoms with E-state index in [-0.39, 0.29) is 22.9 Å². The highest BCUT2D eigenvalue weighted by molar-refractivity contribution is 9.10. The number of aryl methyl sites for hydroxylation is 1. The summed E-state index contributed by atoms with van der Waals surface area (Å²) in [5.41, 5.74) is 1.70. The molecule has 2 atom stereocenters. The second-order valence-corrected chi connectivity index (χ2v) is 12.4. The lowest BCUT2D eigenvalue weighted by molar-refractivity contribution is -0.126. The molecular weight excluding hydrogens is 578 g/mol. The number of halogens is 3. The van der Waals surface area contributed by atoms with Gasteiger partial charge in [-0.1, -0.05) is 34.1 Å². The average Bonchev–Trinajstić information content (AvgIpc) is 2.87. The van der Waals surface area contributed by atoms with Crippen LogP contribution in [0.4, 0.5) is 8.78 Å². The number of likely N-dealkylation sites (tertiary alicyclic amines) is 1. The average molecular weight is 606 g/mol. The Labute approximate surface area is 229 Å². The SMILES string of the molecule is Cc1cc(Br)ccc1C(=O)N1CCCC(C(=O)NC(c2cccc(S(C)(=O)=O)c2)c2ccc(F)cc2F)C1. The third-order valence-electron chi connectivity index (χ3n) is 6.68. The number of carbonyl (C=O) groups is 2. The number of hydrogen-bond acceptors (Lipinski definition) is 4. The summed E-state index contributed by atoms with van der Waals surface area (Å²) >= 11 is 3.40. The first kappa shape index (κ1) is 27.9. The summed E-state index contributed by atoms with van der Waals surface area (Å²) in [6, 6.07) is 13.2. The smallest absolute Gasteiger partial charge is 0.254 e. The predicted molar refractivity (Wildman–Crippen MR) is 143 cm³/mol. The highest BCUT2D eigenvalue weighted by Crippen LogP contribution is 2.29. The number of hydrogen-bond donors (Lipinski definition) is 1. The number of piperidine rings is 1. The molecule has 1 aliphatic heterocycles. The number of rotatable bonds is 6. The minimum atomic E-state index is -3.57. The summed E-state index contributed by atoms with van der Waals surface area (Å²) in [4.78, 5) is 28.3. The van der Waals surface area contributed by atoms with E-state index in [2.05, 4.69) is 21.2 Å². The van der Waals surface area contributed by atoms with Crippen molar-refractivity contribution in [2.24, 2.45) is 5.92 Å². The maximum atomic E-state index is 14.9. The molecule has 0 spiro atoms. The maximum Gasteiger partial charge on any atom is 0.254 e. The zero-order chi connectivity index (χ0) is 27.6. The Morgan fingerprint density at radius 2 is 1.84 bits per heavy atom. The van der Waals surface area contributed by atoms with Crippen molar-refractivity contribution in [2.45, 2.75) is 30.7 Å². The summed E-state index contributed by atoms with van der Waals surface area (Å²) < 4.78 is 53.6. The van der Waals surface area contributed by atoms with Gasteiger partial charge in [0.25, 0.3) is 5.91 Å². The van der Waals surface area contributed by atoms with Crippen molar-refractivity contribution >= 4 is 37.6 Å².